The fraction of sp³-hybridized carbons (Fsp3) is 0.750. The summed E-state index contributed by atoms with van der Waals surface area (Å²) in [5.74, 6) is -0.174. The van der Waals surface area contributed by atoms with E-state index in [1.807, 2.05) is 20.2 Å². The van der Waals surface area contributed by atoms with Crippen LogP contribution in [0.4, 0.5) is 0 Å². The van der Waals surface area contributed by atoms with Crippen molar-refractivity contribution in [1.82, 2.24) is 4.90 Å². The van der Waals surface area contributed by atoms with Gasteiger partial charge in [-0.1, -0.05) is 152 Å². The zero-order valence-corrected chi connectivity index (χ0v) is 31.9. The summed E-state index contributed by atoms with van der Waals surface area (Å²) < 4.78 is 5.92. The van der Waals surface area contributed by atoms with Gasteiger partial charge in [0.25, 0.3) is 0 Å². The predicted octanol–water partition coefficient (Wildman–Crippen LogP) is 13.8. The van der Waals surface area contributed by atoms with Crippen LogP contribution in [0.2, 0.25) is 0 Å². The number of carbonyl (C=O) groups is 1. The molecule has 272 valence electrons. The van der Waals surface area contributed by atoms with Crippen LogP contribution >= 0.6 is 0 Å². The Balaban J connectivity index is 4.04. The Hall–Kier alpha value is -1.87. The standard InChI is InChI=1S/C44H79NO2/c1-5-7-9-11-13-15-17-19-21-23-25-27-29-31-33-35-37-40-43(47-44(46)41-38-42-45(3)4)39-36-34-32-30-28-26-24-22-20-18-16-14-12-10-8-6-2/h14-17,20-23,38,41,43H,5-13,18-19,24-37,39-40,42H2,1-4H3/b16-14-,17-15-,22-20-,23-21-,41-38+. The van der Waals surface area contributed by atoms with Crippen LogP contribution in [0.15, 0.2) is 60.8 Å². The smallest absolute Gasteiger partial charge is 0.330 e. The molecule has 0 aliphatic heterocycles. The highest BCUT2D eigenvalue weighted by Gasteiger charge is 2.12. The lowest BCUT2D eigenvalue weighted by molar-refractivity contribution is -0.143. The molecular weight excluding hydrogens is 574 g/mol. The van der Waals surface area contributed by atoms with E-state index in [1.54, 1.807) is 6.08 Å². The monoisotopic (exact) mass is 654 g/mol. The molecule has 0 spiro atoms. The first-order valence-electron chi connectivity index (χ1n) is 20.2. The first kappa shape index (κ1) is 45.1. The summed E-state index contributed by atoms with van der Waals surface area (Å²) >= 11 is 0. The van der Waals surface area contributed by atoms with Gasteiger partial charge in [0.05, 0.1) is 0 Å². The Labute approximate surface area is 294 Å². The average molecular weight is 654 g/mol. The number of ether oxygens (including phenoxy) is 1. The van der Waals surface area contributed by atoms with Gasteiger partial charge >= 0.3 is 5.97 Å². The molecule has 0 radical (unpaired) electrons. The fourth-order valence-electron chi connectivity index (χ4n) is 5.72. The zero-order chi connectivity index (χ0) is 34.3. The number of likely N-dealkylation sites (N-methyl/N-ethyl adjacent to an activating group) is 1. The van der Waals surface area contributed by atoms with Gasteiger partial charge in [0.2, 0.25) is 0 Å². The minimum Gasteiger partial charge on any atom is -0.459 e. The molecule has 0 aromatic heterocycles. The maximum atomic E-state index is 12.4. The van der Waals surface area contributed by atoms with Gasteiger partial charge in [-0.3, -0.25) is 0 Å². The SMILES string of the molecule is CCCCC/C=C\C/C=C\CCCCCCCCC(CCCCCCCC/C=C\C/C=C\CCCCCC)OC(=O)/C=C/CN(C)C. The molecule has 0 fully saturated rings. The van der Waals surface area contributed by atoms with Crippen LogP contribution in [-0.2, 0) is 9.53 Å². The lowest BCUT2D eigenvalue weighted by Gasteiger charge is -2.17. The van der Waals surface area contributed by atoms with Gasteiger partial charge in [0, 0.05) is 12.6 Å². The number of hydrogen-bond donors (Lipinski definition) is 0. The van der Waals surface area contributed by atoms with Gasteiger partial charge in [-0.05, 0) is 104 Å². The van der Waals surface area contributed by atoms with Crippen molar-refractivity contribution >= 4 is 5.97 Å². The summed E-state index contributed by atoms with van der Waals surface area (Å²) in [7, 11) is 4.02. The second kappa shape index (κ2) is 38.6. The van der Waals surface area contributed by atoms with E-state index in [9.17, 15) is 4.79 Å². The largest absolute Gasteiger partial charge is 0.459 e. The van der Waals surface area contributed by atoms with Gasteiger partial charge in [0.1, 0.15) is 6.10 Å². The van der Waals surface area contributed by atoms with Crippen molar-refractivity contribution in [2.45, 2.75) is 193 Å². The molecule has 0 amide bonds. The molecule has 0 saturated heterocycles. The molecule has 1 unspecified atom stereocenters. The van der Waals surface area contributed by atoms with E-state index in [0.29, 0.717) is 0 Å². The third kappa shape index (κ3) is 38.5. The molecule has 0 N–H and O–H groups in total. The Kier molecular flexibility index (Phi) is 37.0. The maximum absolute atomic E-state index is 12.4. The van der Waals surface area contributed by atoms with Crippen LogP contribution < -0.4 is 0 Å². The molecule has 0 heterocycles. The Bertz CT molecular complexity index is 791. The second-order valence-corrected chi connectivity index (χ2v) is 13.8. The molecule has 0 rings (SSSR count). The van der Waals surface area contributed by atoms with E-state index in [-0.39, 0.29) is 12.1 Å². The van der Waals surface area contributed by atoms with Crippen molar-refractivity contribution < 1.29 is 9.53 Å². The number of carbonyl (C=O) groups excluding carboxylic acids is 1. The summed E-state index contributed by atoms with van der Waals surface area (Å²) in [5.41, 5.74) is 0. The van der Waals surface area contributed by atoms with E-state index >= 15 is 0 Å². The first-order valence-corrected chi connectivity index (χ1v) is 20.2. The summed E-state index contributed by atoms with van der Waals surface area (Å²) in [4.78, 5) is 14.5. The van der Waals surface area contributed by atoms with Gasteiger partial charge in [-0.2, -0.15) is 0 Å². The molecule has 3 nitrogen and oxygen atoms in total. The van der Waals surface area contributed by atoms with Crippen LogP contribution in [0, 0.1) is 0 Å². The lowest BCUT2D eigenvalue weighted by Crippen LogP contribution is -2.17. The van der Waals surface area contributed by atoms with Crippen molar-refractivity contribution in [3.05, 3.63) is 60.8 Å². The quantitative estimate of drug-likeness (QED) is 0.0295. The van der Waals surface area contributed by atoms with E-state index in [1.165, 1.54) is 135 Å². The van der Waals surface area contributed by atoms with Crippen LogP contribution in [0.5, 0.6) is 0 Å². The summed E-state index contributed by atoms with van der Waals surface area (Å²) in [6.45, 7) is 5.29. The number of rotatable bonds is 35. The third-order valence-corrected chi connectivity index (χ3v) is 8.71. The molecule has 3 heteroatoms. The van der Waals surface area contributed by atoms with E-state index < -0.39 is 0 Å². The van der Waals surface area contributed by atoms with Crippen LogP contribution in [0.3, 0.4) is 0 Å². The van der Waals surface area contributed by atoms with Crippen molar-refractivity contribution in [2.75, 3.05) is 20.6 Å². The summed E-state index contributed by atoms with van der Waals surface area (Å²) in [5, 5.41) is 0. The van der Waals surface area contributed by atoms with Crippen LogP contribution in [0.1, 0.15) is 187 Å². The number of hydrogen-bond acceptors (Lipinski definition) is 3. The fourth-order valence-corrected chi connectivity index (χ4v) is 5.72. The van der Waals surface area contributed by atoms with Gasteiger partial charge in [-0.25, -0.2) is 4.79 Å². The van der Waals surface area contributed by atoms with Crippen molar-refractivity contribution in [3.63, 3.8) is 0 Å². The number of nitrogens with zero attached hydrogens (tertiary/aromatic N) is 1. The molecule has 0 aromatic rings. The van der Waals surface area contributed by atoms with Gasteiger partial charge in [0.15, 0.2) is 0 Å². The van der Waals surface area contributed by atoms with E-state index in [2.05, 4.69) is 67.4 Å². The molecule has 0 bridgehead atoms. The van der Waals surface area contributed by atoms with Crippen LogP contribution in [0.25, 0.3) is 0 Å². The van der Waals surface area contributed by atoms with Crippen LogP contribution in [-0.4, -0.2) is 37.6 Å². The molecule has 0 aliphatic rings. The zero-order valence-electron chi connectivity index (χ0n) is 31.9. The topological polar surface area (TPSA) is 29.5 Å². The molecule has 47 heavy (non-hydrogen) atoms. The highest BCUT2D eigenvalue weighted by molar-refractivity contribution is 5.82. The van der Waals surface area contributed by atoms with Crippen molar-refractivity contribution in [1.29, 1.82) is 0 Å². The normalized spacial score (nSPS) is 13.1. The third-order valence-electron chi connectivity index (χ3n) is 8.71. The van der Waals surface area contributed by atoms with Crippen molar-refractivity contribution in [2.24, 2.45) is 0 Å². The van der Waals surface area contributed by atoms with E-state index in [0.717, 1.165) is 45.1 Å². The molecular formula is C44H79NO2. The summed E-state index contributed by atoms with van der Waals surface area (Å²) in [6, 6.07) is 0. The van der Waals surface area contributed by atoms with Crippen molar-refractivity contribution in [3.8, 4) is 0 Å². The second-order valence-electron chi connectivity index (χ2n) is 13.8. The molecule has 0 aliphatic carbocycles. The molecule has 0 saturated carbocycles. The van der Waals surface area contributed by atoms with Gasteiger partial charge < -0.3 is 9.64 Å². The highest BCUT2D eigenvalue weighted by atomic mass is 16.5. The minimum atomic E-state index is -0.174. The lowest BCUT2D eigenvalue weighted by atomic mass is 10.0. The maximum Gasteiger partial charge on any atom is 0.330 e. The Morgan fingerprint density at radius 1 is 0.489 bits per heavy atom. The van der Waals surface area contributed by atoms with Gasteiger partial charge in [-0.15, -0.1) is 0 Å². The highest BCUT2D eigenvalue weighted by Crippen LogP contribution is 2.18. The molecule has 0 aromatic carbocycles. The predicted molar refractivity (Wildman–Crippen MR) is 210 cm³/mol. The average Bonchev–Trinajstić information content (AvgIpc) is 3.05. The minimum absolute atomic E-state index is 0.0628. The summed E-state index contributed by atoms with van der Waals surface area (Å²) in [6.07, 6.45) is 56.0. The first-order chi connectivity index (χ1) is 23.1. The molecule has 1 atom stereocenters. The number of allylic oxidation sites excluding steroid dienone is 8. The Morgan fingerprint density at radius 2 is 0.851 bits per heavy atom. The Morgan fingerprint density at radius 3 is 1.28 bits per heavy atom. The number of unbranched alkanes of at least 4 members (excludes halogenated alkanes) is 19. The van der Waals surface area contributed by atoms with E-state index in [4.69, 9.17) is 4.74 Å². The number of esters is 1.